The zero-order valence-electron chi connectivity index (χ0n) is 13.2. The van der Waals surface area contributed by atoms with E-state index in [1.54, 1.807) is 0 Å². The van der Waals surface area contributed by atoms with Crippen LogP contribution in [0.15, 0.2) is 54.6 Å². The summed E-state index contributed by atoms with van der Waals surface area (Å²) in [4.78, 5) is 18.1. The highest BCUT2D eigenvalue weighted by atomic mass is 32.1. The molecule has 0 saturated heterocycles. The highest BCUT2D eigenvalue weighted by Gasteiger charge is 2.20. The molecule has 118 valence electrons. The number of nitrogens with one attached hydrogen (secondary N) is 2. The molecule has 1 aromatic heterocycles. The molecular formula is C18H20N3OS+. The predicted molar refractivity (Wildman–Crippen MR) is 93.9 cm³/mol. The lowest BCUT2D eigenvalue weighted by molar-refractivity contribution is -0.890. The molecule has 2 N–H and O–H groups in total. The van der Waals surface area contributed by atoms with Gasteiger partial charge in [0.25, 0.3) is 5.91 Å². The molecule has 1 atom stereocenters. The number of nitrogens with zero attached hydrogens (tertiary/aromatic N) is 1. The summed E-state index contributed by atoms with van der Waals surface area (Å²) in [5.41, 5.74) is 2.09. The number of quaternary nitrogens is 1. The monoisotopic (exact) mass is 326 g/mol. The molecule has 3 rings (SSSR count). The molecule has 0 fully saturated rings. The molecule has 1 heterocycles. The first-order chi connectivity index (χ1) is 11.1. The summed E-state index contributed by atoms with van der Waals surface area (Å²) in [6.45, 7) is 0.584. The molecule has 0 aliphatic rings. The van der Waals surface area contributed by atoms with E-state index in [9.17, 15) is 4.79 Å². The fourth-order valence-corrected chi connectivity index (χ4v) is 3.46. The predicted octanol–water partition coefficient (Wildman–Crippen LogP) is 1.91. The minimum absolute atomic E-state index is 0.103. The molecule has 0 unspecified atom stereocenters. The van der Waals surface area contributed by atoms with Gasteiger partial charge >= 0.3 is 0 Å². The molecule has 0 aliphatic heterocycles. The van der Waals surface area contributed by atoms with E-state index in [1.165, 1.54) is 21.8 Å². The van der Waals surface area contributed by atoms with Gasteiger partial charge in [-0.1, -0.05) is 42.5 Å². The van der Waals surface area contributed by atoms with Gasteiger partial charge in [0.2, 0.25) is 0 Å². The fraction of sp³-hybridized carbons (Fsp3) is 0.222. The SMILES string of the molecule is C[NH+](C)[C@@H](CNC(=O)c1nc2ccccc2s1)c1ccccc1. The third kappa shape index (κ3) is 3.57. The normalized spacial score (nSPS) is 12.5. The Labute approximate surface area is 139 Å². The highest BCUT2D eigenvalue weighted by molar-refractivity contribution is 7.20. The van der Waals surface area contributed by atoms with Crippen molar-refractivity contribution in [2.24, 2.45) is 0 Å². The maximum absolute atomic E-state index is 12.4. The number of benzene rings is 2. The Morgan fingerprint density at radius 1 is 1.13 bits per heavy atom. The number of thiazole rings is 1. The number of likely N-dealkylation sites (N-methyl/N-ethyl adjacent to an activating group) is 1. The van der Waals surface area contributed by atoms with Crippen molar-refractivity contribution in [1.29, 1.82) is 0 Å². The second-order valence-electron chi connectivity index (χ2n) is 5.74. The second-order valence-corrected chi connectivity index (χ2v) is 6.77. The van der Waals surface area contributed by atoms with E-state index in [4.69, 9.17) is 0 Å². The van der Waals surface area contributed by atoms with Gasteiger partial charge in [-0.05, 0) is 12.1 Å². The number of amides is 1. The highest BCUT2D eigenvalue weighted by Crippen LogP contribution is 2.21. The summed E-state index contributed by atoms with van der Waals surface area (Å²) in [5.74, 6) is -0.103. The molecule has 1 amide bonds. The molecular weight excluding hydrogens is 306 g/mol. The molecule has 0 radical (unpaired) electrons. The molecule has 4 nitrogen and oxygen atoms in total. The van der Waals surface area contributed by atoms with E-state index in [-0.39, 0.29) is 11.9 Å². The second kappa shape index (κ2) is 6.89. The van der Waals surface area contributed by atoms with Gasteiger partial charge in [0, 0.05) is 5.56 Å². The summed E-state index contributed by atoms with van der Waals surface area (Å²) in [6.07, 6.45) is 0. The third-order valence-electron chi connectivity index (χ3n) is 3.85. The molecule has 0 aliphatic carbocycles. The summed E-state index contributed by atoms with van der Waals surface area (Å²) >= 11 is 1.43. The Morgan fingerprint density at radius 3 is 2.52 bits per heavy atom. The van der Waals surface area contributed by atoms with Crippen molar-refractivity contribution in [2.75, 3.05) is 20.6 Å². The van der Waals surface area contributed by atoms with Crippen LogP contribution in [0.2, 0.25) is 0 Å². The lowest BCUT2D eigenvalue weighted by Crippen LogP contribution is -3.07. The number of aromatic nitrogens is 1. The molecule has 0 bridgehead atoms. The van der Waals surface area contributed by atoms with Gasteiger partial charge in [-0.15, -0.1) is 11.3 Å². The zero-order chi connectivity index (χ0) is 16.2. The molecule has 0 spiro atoms. The largest absolute Gasteiger partial charge is 0.344 e. The minimum Gasteiger partial charge on any atom is -0.344 e. The topological polar surface area (TPSA) is 46.4 Å². The Morgan fingerprint density at radius 2 is 1.83 bits per heavy atom. The number of fused-ring (bicyclic) bond motifs is 1. The average molecular weight is 326 g/mol. The minimum atomic E-state index is -0.103. The summed E-state index contributed by atoms with van der Waals surface area (Å²) in [5, 5.41) is 3.55. The maximum atomic E-state index is 12.4. The van der Waals surface area contributed by atoms with Crippen molar-refractivity contribution >= 4 is 27.5 Å². The van der Waals surface area contributed by atoms with Crippen molar-refractivity contribution < 1.29 is 9.69 Å². The third-order valence-corrected chi connectivity index (χ3v) is 4.89. The molecule has 2 aromatic carbocycles. The standard InChI is InChI=1S/C18H19N3OS/c1-21(2)15(13-8-4-3-5-9-13)12-19-17(22)18-20-14-10-6-7-11-16(14)23-18/h3-11,15H,12H2,1-2H3,(H,19,22)/p+1/t15-/m0/s1. The maximum Gasteiger partial charge on any atom is 0.280 e. The molecule has 3 aromatic rings. The van der Waals surface area contributed by atoms with Crippen LogP contribution in [0.4, 0.5) is 0 Å². The summed E-state index contributed by atoms with van der Waals surface area (Å²) < 4.78 is 1.04. The lowest BCUT2D eigenvalue weighted by atomic mass is 10.1. The Hall–Kier alpha value is -2.24. The van der Waals surface area contributed by atoms with Crippen LogP contribution in [-0.4, -0.2) is 31.5 Å². The molecule has 5 heteroatoms. The number of hydrogen-bond donors (Lipinski definition) is 2. The van der Waals surface area contributed by atoms with Crippen molar-refractivity contribution in [1.82, 2.24) is 10.3 Å². The van der Waals surface area contributed by atoms with Gasteiger partial charge in [0.1, 0.15) is 6.04 Å². The quantitative estimate of drug-likeness (QED) is 0.752. The van der Waals surface area contributed by atoms with E-state index in [1.807, 2.05) is 42.5 Å². The average Bonchev–Trinajstić information content (AvgIpc) is 2.99. The molecule has 0 saturated carbocycles. The van der Waals surface area contributed by atoms with Gasteiger partial charge in [0.15, 0.2) is 5.01 Å². The van der Waals surface area contributed by atoms with E-state index >= 15 is 0 Å². The van der Waals surface area contributed by atoms with Gasteiger partial charge in [-0.3, -0.25) is 4.79 Å². The van der Waals surface area contributed by atoms with Crippen LogP contribution in [0.25, 0.3) is 10.2 Å². The molecule has 23 heavy (non-hydrogen) atoms. The Bertz CT molecular complexity index is 765. The smallest absolute Gasteiger partial charge is 0.280 e. The van der Waals surface area contributed by atoms with Crippen LogP contribution >= 0.6 is 11.3 Å². The van der Waals surface area contributed by atoms with E-state index in [0.29, 0.717) is 11.6 Å². The lowest BCUT2D eigenvalue weighted by Gasteiger charge is -2.21. The van der Waals surface area contributed by atoms with Crippen LogP contribution in [0.5, 0.6) is 0 Å². The first-order valence-electron chi connectivity index (χ1n) is 7.64. The first-order valence-corrected chi connectivity index (χ1v) is 8.45. The first kappa shape index (κ1) is 15.6. The number of carbonyl (C=O) groups excluding carboxylic acids is 1. The van der Waals surface area contributed by atoms with Crippen LogP contribution in [-0.2, 0) is 0 Å². The van der Waals surface area contributed by atoms with Crippen molar-refractivity contribution in [2.45, 2.75) is 6.04 Å². The zero-order valence-corrected chi connectivity index (χ0v) is 14.1. The number of carbonyl (C=O) groups is 1. The van der Waals surface area contributed by atoms with E-state index in [2.05, 4.69) is 36.5 Å². The van der Waals surface area contributed by atoms with Crippen LogP contribution in [0.3, 0.4) is 0 Å². The van der Waals surface area contributed by atoms with Crippen LogP contribution < -0.4 is 10.2 Å². The van der Waals surface area contributed by atoms with Gasteiger partial charge in [-0.25, -0.2) is 4.98 Å². The van der Waals surface area contributed by atoms with Gasteiger partial charge < -0.3 is 10.2 Å². The summed E-state index contributed by atoms with van der Waals surface area (Å²) in [7, 11) is 4.20. The van der Waals surface area contributed by atoms with Crippen molar-refractivity contribution in [3.05, 3.63) is 65.2 Å². The summed E-state index contributed by atoms with van der Waals surface area (Å²) in [6, 6.07) is 18.3. The Balaban J connectivity index is 1.71. The van der Waals surface area contributed by atoms with Gasteiger partial charge in [0.05, 0.1) is 30.9 Å². The number of hydrogen-bond acceptors (Lipinski definition) is 3. The van der Waals surface area contributed by atoms with E-state index < -0.39 is 0 Å². The van der Waals surface area contributed by atoms with Crippen molar-refractivity contribution in [3.63, 3.8) is 0 Å². The van der Waals surface area contributed by atoms with Crippen molar-refractivity contribution in [3.8, 4) is 0 Å². The van der Waals surface area contributed by atoms with Crippen LogP contribution in [0.1, 0.15) is 21.4 Å². The Kier molecular flexibility index (Phi) is 4.69. The van der Waals surface area contributed by atoms with E-state index in [0.717, 1.165) is 10.2 Å². The fourth-order valence-electron chi connectivity index (χ4n) is 2.58. The number of rotatable bonds is 5. The number of para-hydroxylation sites is 1. The van der Waals surface area contributed by atoms with Crippen LogP contribution in [0, 0.1) is 0 Å². The van der Waals surface area contributed by atoms with Gasteiger partial charge in [-0.2, -0.15) is 0 Å².